The van der Waals surface area contributed by atoms with E-state index in [0.29, 0.717) is 6.29 Å². The third-order valence-electron chi connectivity index (χ3n) is 2.35. The van der Waals surface area contributed by atoms with E-state index in [-0.39, 0.29) is 22.6 Å². The molecule has 1 aromatic carbocycles. The summed E-state index contributed by atoms with van der Waals surface area (Å²) in [7, 11) is -2.05. The zero-order chi connectivity index (χ0) is 15.3. The largest absolute Gasteiger partial charge is 0.493 e. The summed E-state index contributed by atoms with van der Waals surface area (Å²) >= 11 is 0. The van der Waals surface area contributed by atoms with Crippen LogP contribution in [0.2, 0.25) is 0 Å². The van der Waals surface area contributed by atoms with Gasteiger partial charge in [0.05, 0.1) is 14.2 Å². The number of rotatable bonds is 7. The van der Waals surface area contributed by atoms with E-state index in [1.54, 1.807) is 0 Å². The van der Waals surface area contributed by atoms with Crippen LogP contribution in [0.1, 0.15) is 20.7 Å². The third kappa shape index (κ3) is 4.14. The quantitative estimate of drug-likeness (QED) is 0.431. The molecule has 0 amide bonds. The Labute approximate surface area is 114 Å². The fraction of sp³-hybridized carbons (Fsp3) is 0.273. The van der Waals surface area contributed by atoms with Gasteiger partial charge in [-0.2, -0.15) is 0 Å². The van der Waals surface area contributed by atoms with Crippen molar-refractivity contribution in [3.05, 3.63) is 23.3 Å². The van der Waals surface area contributed by atoms with Gasteiger partial charge in [0.15, 0.2) is 23.6 Å². The molecule has 0 spiro atoms. The Morgan fingerprint density at radius 3 is 2.25 bits per heavy atom. The van der Waals surface area contributed by atoms with Gasteiger partial charge >= 0.3 is 7.82 Å². The highest BCUT2D eigenvalue weighted by atomic mass is 31.2. The van der Waals surface area contributed by atoms with Crippen molar-refractivity contribution < 1.29 is 37.9 Å². The maximum absolute atomic E-state index is 11.8. The number of methoxy groups -OCH3 is 2. The highest BCUT2D eigenvalue weighted by molar-refractivity contribution is 7.46. The molecular weight excluding hydrogens is 291 g/mol. The molecule has 9 heteroatoms. The van der Waals surface area contributed by atoms with Crippen molar-refractivity contribution >= 4 is 19.9 Å². The predicted molar refractivity (Wildman–Crippen MR) is 67.3 cm³/mol. The molecule has 8 nitrogen and oxygen atoms in total. The van der Waals surface area contributed by atoms with Crippen LogP contribution >= 0.6 is 7.82 Å². The first-order valence-corrected chi connectivity index (χ1v) is 6.80. The van der Waals surface area contributed by atoms with Gasteiger partial charge in [-0.3, -0.25) is 14.1 Å². The van der Waals surface area contributed by atoms with E-state index in [4.69, 9.17) is 19.3 Å². The Bertz CT molecular complexity index is 562. The molecule has 0 aliphatic carbocycles. The monoisotopic (exact) mass is 304 g/mol. The molecule has 0 atom stereocenters. The first-order chi connectivity index (χ1) is 9.32. The molecule has 0 unspecified atom stereocenters. The Balaban J connectivity index is 3.12. The van der Waals surface area contributed by atoms with Gasteiger partial charge in [-0.15, -0.1) is 0 Å². The van der Waals surface area contributed by atoms with E-state index in [1.165, 1.54) is 26.4 Å². The van der Waals surface area contributed by atoms with Crippen LogP contribution in [0.5, 0.6) is 11.5 Å². The molecule has 0 bridgehead atoms. The van der Waals surface area contributed by atoms with Gasteiger partial charge < -0.3 is 19.3 Å². The number of phosphoric acid groups is 1. The number of phosphoric ester groups is 1. The van der Waals surface area contributed by atoms with Gasteiger partial charge in [-0.1, -0.05) is 0 Å². The topological polar surface area (TPSA) is 119 Å². The van der Waals surface area contributed by atoms with Crippen LogP contribution in [0.4, 0.5) is 0 Å². The van der Waals surface area contributed by atoms with Crippen molar-refractivity contribution in [3.8, 4) is 11.5 Å². The van der Waals surface area contributed by atoms with E-state index < -0.39 is 20.2 Å². The van der Waals surface area contributed by atoms with Gasteiger partial charge in [0, 0.05) is 11.1 Å². The van der Waals surface area contributed by atoms with E-state index in [2.05, 4.69) is 4.52 Å². The van der Waals surface area contributed by atoms with Crippen LogP contribution in [-0.4, -0.2) is 42.7 Å². The van der Waals surface area contributed by atoms with E-state index in [0.717, 1.165) is 0 Å². The first-order valence-electron chi connectivity index (χ1n) is 5.27. The number of aldehydes is 1. The van der Waals surface area contributed by atoms with Gasteiger partial charge in [0.2, 0.25) is 0 Å². The second-order valence-corrected chi connectivity index (χ2v) is 4.84. The van der Waals surface area contributed by atoms with Gasteiger partial charge in [-0.25, -0.2) is 4.57 Å². The van der Waals surface area contributed by atoms with Crippen molar-refractivity contribution in [2.24, 2.45) is 0 Å². The molecule has 0 aliphatic heterocycles. The molecule has 0 heterocycles. The number of ketones is 1. The van der Waals surface area contributed by atoms with E-state index in [1.807, 2.05) is 0 Å². The van der Waals surface area contributed by atoms with Gasteiger partial charge in [0.1, 0.15) is 6.61 Å². The van der Waals surface area contributed by atoms with Crippen LogP contribution < -0.4 is 9.47 Å². The second kappa shape index (κ2) is 6.62. The number of carbonyl (C=O) groups excluding carboxylic acids is 2. The van der Waals surface area contributed by atoms with Crippen molar-refractivity contribution in [2.45, 2.75) is 0 Å². The molecule has 1 rings (SSSR count). The van der Waals surface area contributed by atoms with Crippen molar-refractivity contribution in [3.63, 3.8) is 0 Å². The Hall–Kier alpha value is -1.73. The van der Waals surface area contributed by atoms with Crippen molar-refractivity contribution in [2.75, 3.05) is 20.8 Å². The number of ether oxygens (including phenoxy) is 2. The third-order valence-corrected chi connectivity index (χ3v) is 2.81. The van der Waals surface area contributed by atoms with Crippen LogP contribution in [0.25, 0.3) is 0 Å². The fourth-order valence-electron chi connectivity index (χ4n) is 1.45. The predicted octanol–water partition coefficient (Wildman–Crippen LogP) is 0.808. The molecule has 110 valence electrons. The maximum atomic E-state index is 11.8. The van der Waals surface area contributed by atoms with Gasteiger partial charge in [-0.05, 0) is 12.1 Å². The lowest BCUT2D eigenvalue weighted by molar-refractivity contribution is 0.0880. The lowest BCUT2D eigenvalue weighted by atomic mass is 10.0. The number of carbonyl (C=O) groups is 2. The zero-order valence-electron chi connectivity index (χ0n) is 10.7. The summed E-state index contributed by atoms with van der Waals surface area (Å²) in [5, 5.41) is 0. The van der Waals surface area contributed by atoms with Crippen LogP contribution in [0, 0.1) is 0 Å². The molecule has 0 saturated carbocycles. The average Bonchev–Trinajstić information content (AvgIpc) is 2.42. The normalized spacial score (nSPS) is 11.0. The number of hydrogen-bond donors (Lipinski definition) is 2. The minimum atomic E-state index is -4.76. The minimum absolute atomic E-state index is 0.00182. The lowest BCUT2D eigenvalue weighted by Gasteiger charge is -2.11. The fourth-order valence-corrected chi connectivity index (χ4v) is 1.74. The summed E-state index contributed by atoms with van der Waals surface area (Å²) < 4.78 is 24.6. The van der Waals surface area contributed by atoms with Crippen LogP contribution in [-0.2, 0) is 9.09 Å². The summed E-state index contributed by atoms with van der Waals surface area (Å²) in [5.74, 6) is -0.309. The maximum Gasteiger partial charge on any atom is 0.470 e. The van der Waals surface area contributed by atoms with E-state index in [9.17, 15) is 14.2 Å². The molecule has 20 heavy (non-hydrogen) atoms. The second-order valence-electron chi connectivity index (χ2n) is 3.60. The lowest BCUT2D eigenvalue weighted by Crippen LogP contribution is -2.11. The molecular formula is C11H13O8P. The van der Waals surface area contributed by atoms with Crippen LogP contribution in [0.3, 0.4) is 0 Å². The van der Waals surface area contributed by atoms with Crippen molar-refractivity contribution in [1.82, 2.24) is 0 Å². The van der Waals surface area contributed by atoms with Gasteiger partial charge in [0.25, 0.3) is 0 Å². The average molecular weight is 304 g/mol. The summed E-state index contributed by atoms with van der Waals surface area (Å²) in [6, 6.07) is 2.53. The zero-order valence-corrected chi connectivity index (χ0v) is 11.6. The Morgan fingerprint density at radius 1 is 1.25 bits per heavy atom. The molecule has 0 saturated heterocycles. The number of Topliss-reactive ketones (excluding diaryl/α,β-unsaturated/α-hetero) is 1. The molecule has 1 aromatic rings. The molecule has 0 radical (unpaired) electrons. The SMILES string of the molecule is COc1cc(C=O)c(C(=O)COP(=O)(O)O)cc1OC. The highest BCUT2D eigenvalue weighted by Gasteiger charge is 2.21. The molecule has 0 aromatic heterocycles. The summed E-state index contributed by atoms with van der Waals surface area (Å²) in [4.78, 5) is 39.9. The standard InChI is InChI=1S/C11H13O8P/c1-17-10-3-7(5-12)8(4-11(10)18-2)9(13)6-19-20(14,15)16/h3-5H,6H2,1-2H3,(H2,14,15,16). The smallest absolute Gasteiger partial charge is 0.470 e. The van der Waals surface area contributed by atoms with Crippen molar-refractivity contribution in [1.29, 1.82) is 0 Å². The summed E-state index contributed by atoms with van der Waals surface area (Å²) in [6.45, 7) is -0.861. The Kier molecular flexibility index (Phi) is 5.41. The molecule has 2 N–H and O–H groups in total. The Morgan fingerprint density at radius 2 is 1.80 bits per heavy atom. The summed E-state index contributed by atoms with van der Waals surface area (Å²) in [6.07, 6.45) is 0.423. The first kappa shape index (κ1) is 16.3. The van der Waals surface area contributed by atoms with E-state index >= 15 is 0 Å². The molecule has 0 aliphatic rings. The highest BCUT2D eigenvalue weighted by Crippen LogP contribution is 2.36. The summed E-state index contributed by atoms with van der Waals surface area (Å²) in [5.41, 5.74) is -0.0759. The minimum Gasteiger partial charge on any atom is -0.493 e. The number of benzene rings is 1. The number of hydrogen-bond acceptors (Lipinski definition) is 6. The van der Waals surface area contributed by atoms with Crippen LogP contribution in [0.15, 0.2) is 12.1 Å². The molecule has 0 fully saturated rings.